The minimum absolute atomic E-state index is 0.0107. The molecule has 0 spiro atoms. The Morgan fingerprint density at radius 3 is 1.94 bits per heavy atom. The molecule has 2 saturated heterocycles. The molecule has 2 heterocycles. The predicted molar refractivity (Wildman–Crippen MR) is 206 cm³/mol. The van der Waals surface area contributed by atoms with E-state index in [9.17, 15) is 19.2 Å². The van der Waals surface area contributed by atoms with Gasteiger partial charge in [0.25, 0.3) is 0 Å². The van der Waals surface area contributed by atoms with E-state index in [2.05, 4.69) is 29.1 Å². The molecule has 3 amide bonds. The summed E-state index contributed by atoms with van der Waals surface area (Å²) < 4.78 is 22.9. The third-order valence-electron chi connectivity index (χ3n) is 9.95. The van der Waals surface area contributed by atoms with Crippen molar-refractivity contribution in [2.75, 3.05) is 33.3 Å². The van der Waals surface area contributed by atoms with Gasteiger partial charge in [-0.25, -0.2) is 9.59 Å². The van der Waals surface area contributed by atoms with Crippen LogP contribution in [-0.2, 0) is 28.5 Å². The maximum atomic E-state index is 14.5. The summed E-state index contributed by atoms with van der Waals surface area (Å²) in [6.45, 7) is 22.9. The number of likely N-dealkylation sites (tertiary alicyclic amines) is 2. The number of alkyl carbamates (subject to hydrolysis) is 1. The number of carbonyl (C=O) groups excluding carboxylic acids is 4. The van der Waals surface area contributed by atoms with Gasteiger partial charge in [-0.2, -0.15) is 0 Å². The summed E-state index contributed by atoms with van der Waals surface area (Å²) in [5.41, 5.74) is -2.08. The van der Waals surface area contributed by atoms with Gasteiger partial charge in [0.05, 0.1) is 18.6 Å². The van der Waals surface area contributed by atoms with Crippen LogP contribution in [0, 0.1) is 11.8 Å². The van der Waals surface area contributed by atoms with Crippen LogP contribution in [-0.4, -0.2) is 119 Å². The molecule has 0 aromatic carbocycles. The molecule has 1 unspecified atom stereocenters. The van der Waals surface area contributed by atoms with Crippen molar-refractivity contribution in [1.29, 1.82) is 0 Å². The van der Waals surface area contributed by atoms with Crippen LogP contribution in [0.15, 0.2) is 4.99 Å². The maximum absolute atomic E-state index is 14.5. The van der Waals surface area contributed by atoms with Crippen LogP contribution in [0.3, 0.4) is 0 Å². The van der Waals surface area contributed by atoms with Crippen LogP contribution in [0.4, 0.5) is 9.59 Å². The van der Waals surface area contributed by atoms with Crippen LogP contribution < -0.4 is 5.32 Å². The third kappa shape index (κ3) is 15.8. The number of nitrogens with zero attached hydrogens (tertiary/aromatic N) is 4. The molecule has 0 aromatic heterocycles. The number of amides is 3. The topological polar surface area (TPSA) is 139 Å². The van der Waals surface area contributed by atoms with Crippen molar-refractivity contribution >= 4 is 30.0 Å². The highest BCUT2D eigenvalue weighted by molar-refractivity contribution is 5.99. The summed E-state index contributed by atoms with van der Waals surface area (Å²) in [6.07, 6.45) is 6.64. The number of esters is 1. The monoisotopic (exact) mass is 750 g/mol. The second-order valence-corrected chi connectivity index (χ2v) is 18.6. The standard InChI is InChI=1S/C40H71N5O8/c1-27-23-28(2)25-30(24-27)43(12)32(26-33(46)51-38(3,4)5)34(47)45-19-14-13-15-29(45)18-22-50-31-16-20-44(21-17-31)35(41-36(48)52-39(6,7)8)42-37(49)53-40(9,10)11/h27-32H,13-26H2,1-12H3,(H,41,42,48,49)/t27-,28+,29-,30?,32-/m0/s1. The molecule has 1 saturated carbocycles. The molecule has 0 radical (unpaired) electrons. The van der Waals surface area contributed by atoms with E-state index in [-0.39, 0.29) is 42.4 Å². The fourth-order valence-electron chi connectivity index (χ4n) is 7.77. The summed E-state index contributed by atoms with van der Waals surface area (Å²) >= 11 is 0. The zero-order valence-corrected chi connectivity index (χ0v) is 34.9. The molecule has 53 heavy (non-hydrogen) atoms. The molecule has 3 rings (SSSR count). The molecule has 3 aliphatic rings. The highest BCUT2D eigenvalue weighted by atomic mass is 16.6. The number of ether oxygens (including phenoxy) is 4. The number of guanidine groups is 1. The smallest absolute Gasteiger partial charge is 0.437 e. The molecule has 304 valence electrons. The first-order valence-electron chi connectivity index (χ1n) is 19.9. The van der Waals surface area contributed by atoms with Crippen molar-refractivity contribution in [3.05, 3.63) is 0 Å². The van der Waals surface area contributed by atoms with Gasteiger partial charge < -0.3 is 28.7 Å². The average molecular weight is 750 g/mol. The Labute approximate surface area is 319 Å². The van der Waals surface area contributed by atoms with E-state index in [1.54, 1.807) is 41.5 Å². The Morgan fingerprint density at radius 1 is 0.792 bits per heavy atom. The number of likely N-dealkylation sites (N-methyl/N-ethyl adjacent to an activating group) is 1. The molecule has 1 aliphatic carbocycles. The lowest BCUT2D eigenvalue weighted by Gasteiger charge is -2.44. The second-order valence-electron chi connectivity index (χ2n) is 18.6. The average Bonchev–Trinajstić information content (AvgIpc) is 3.00. The van der Waals surface area contributed by atoms with Crippen LogP contribution >= 0.6 is 0 Å². The number of rotatable bonds is 9. The minimum atomic E-state index is -0.795. The summed E-state index contributed by atoms with van der Waals surface area (Å²) in [6, 6.07) is -0.318. The Balaban J connectivity index is 1.64. The quantitative estimate of drug-likeness (QED) is 0.115. The zero-order chi connectivity index (χ0) is 39.7. The first kappa shape index (κ1) is 44.5. The minimum Gasteiger partial charge on any atom is -0.460 e. The lowest BCUT2D eigenvalue weighted by Crippen LogP contribution is -2.56. The van der Waals surface area contributed by atoms with Crippen LogP contribution in [0.5, 0.6) is 0 Å². The van der Waals surface area contributed by atoms with E-state index >= 15 is 0 Å². The molecule has 1 N–H and O–H groups in total. The zero-order valence-electron chi connectivity index (χ0n) is 34.9. The normalized spacial score (nSPS) is 24.4. The van der Waals surface area contributed by atoms with Crippen molar-refractivity contribution in [1.82, 2.24) is 20.0 Å². The van der Waals surface area contributed by atoms with E-state index in [0.717, 1.165) is 32.1 Å². The van der Waals surface area contributed by atoms with Gasteiger partial charge in [-0.05, 0) is 139 Å². The Kier molecular flexibility index (Phi) is 16.0. The number of aliphatic imine (C=N–C) groups is 1. The molecule has 0 bridgehead atoms. The first-order valence-corrected chi connectivity index (χ1v) is 19.9. The van der Waals surface area contributed by atoms with E-state index in [1.807, 2.05) is 37.6 Å². The molecule has 13 heteroatoms. The number of carbonyl (C=O) groups is 4. The molecular formula is C40H71N5O8. The van der Waals surface area contributed by atoms with Crippen LogP contribution in [0.25, 0.3) is 0 Å². The Morgan fingerprint density at radius 2 is 1.38 bits per heavy atom. The molecule has 5 atom stereocenters. The van der Waals surface area contributed by atoms with Crippen molar-refractivity contribution < 1.29 is 38.1 Å². The van der Waals surface area contributed by atoms with Gasteiger partial charge in [-0.1, -0.05) is 13.8 Å². The van der Waals surface area contributed by atoms with Gasteiger partial charge in [0.2, 0.25) is 11.9 Å². The van der Waals surface area contributed by atoms with Crippen LogP contribution in [0.2, 0.25) is 0 Å². The van der Waals surface area contributed by atoms with E-state index < -0.39 is 35.0 Å². The predicted octanol–water partition coefficient (Wildman–Crippen LogP) is 6.91. The second kappa shape index (κ2) is 19.1. The number of piperidine rings is 2. The van der Waals surface area contributed by atoms with Gasteiger partial charge in [0.15, 0.2) is 0 Å². The highest BCUT2D eigenvalue weighted by Crippen LogP contribution is 2.33. The largest absolute Gasteiger partial charge is 0.460 e. The van der Waals surface area contributed by atoms with Gasteiger partial charge in [0.1, 0.15) is 16.8 Å². The van der Waals surface area contributed by atoms with E-state index in [1.165, 1.54) is 6.42 Å². The summed E-state index contributed by atoms with van der Waals surface area (Å²) in [5, 5.41) is 2.64. The molecule has 13 nitrogen and oxygen atoms in total. The molecule has 3 fully saturated rings. The molecule has 2 aliphatic heterocycles. The number of hydrogen-bond donors (Lipinski definition) is 1. The van der Waals surface area contributed by atoms with Gasteiger partial charge in [0, 0.05) is 38.3 Å². The van der Waals surface area contributed by atoms with Crippen molar-refractivity contribution in [3.8, 4) is 0 Å². The van der Waals surface area contributed by atoms with Gasteiger partial charge >= 0.3 is 18.2 Å². The summed E-state index contributed by atoms with van der Waals surface area (Å²) in [4.78, 5) is 63.0. The van der Waals surface area contributed by atoms with E-state index in [4.69, 9.17) is 18.9 Å². The lowest BCUT2D eigenvalue weighted by atomic mass is 9.79. The maximum Gasteiger partial charge on any atom is 0.437 e. The summed E-state index contributed by atoms with van der Waals surface area (Å²) in [7, 11) is 2.02. The van der Waals surface area contributed by atoms with Gasteiger partial charge in [-0.15, -0.1) is 4.99 Å². The SMILES string of the molecule is C[C@@H]1CC(N(C)[C@@H](CC(=O)OC(C)(C)C)C(=O)N2CCCC[C@H]2CCOC2CCN(C(=NC(=O)OC(C)(C)C)NC(=O)OC(C)(C)C)CC2)C[C@H](C)C1. The van der Waals surface area contributed by atoms with Crippen molar-refractivity contribution in [3.63, 3.8) is 0 Å². The van der Waals surface area contributed by atoms with Crippen molar-refractivity contribution in [2.45, 2.75) is 181 Å². The van der Waals surface area contributed by atoms with Crippen LogP contribution in [0.1, 0.15) is 140 Å². The summed E-state index contributed by atoms with van der Waals surface area (Å²) in [5.74, 6) is 0.895. The lowest BCUT2D eigenvalue weighted by molar-refractivity contribution is -0.160. The fourth-order valence-corrected chi connectivity index (χ4v) is 7.77. The fraction of sp³-hybridized carbons (Fsp3) is 0.875. The highest BCUT2D eigenvalue weighted by Gasteiger charge is 2.40. The molecule has 0 aromatic rings. The van der Waals surface area contributed by atoms with E-state index in [0.29, 0.717) is 57.3 Å². The Bertz CT molecular complexity index is 1250. The Hall–Kier alpha value is -2.93. The number of hydrogen-bond acceptors (Lipinski definition) is 9. The third-order valence-corrected chi connectivity index (χ3v) is 9.95. The molecular weight excluding hydrogens is 678 g/mol. The first-order chi connectivity index (χ1) is 24.5. The van der Waals surface area contributed by atoms with Gasteiger partial charge in [-0.3, -0.25) is 19.8 Å². The van der Waals surface area contributed by atoms with Crippen molar-refractivity contribution in [2.24, 2.45) is 16.8 Å². The number of nitrogens with one attached hydrogen (secondary N) is 1.